The summed E-state index contributed by atoms with van der Waals surface area (Å²) in [6, 6.07) is 93.7. The monoisotopic (exact) mass is 950 g/mol. The molecule has 0 N–H and O–H groups in total. The Morgan fingerprint density at radius 1 is 0.267 bits per heavy atom. The number of hydrogen-bond donors (Lipinski definition) is 0. The zero-order valence-electron chi connectivity index (χ0n) is 40.5. The largest absolute Gasteiger partial charge is 0.277 e. The van der Waals surface area contributed by atoms with E-state index in [0.717, 1.165) is 44.1 Å². The van der Waals surface area contributed by atoms with E-state index in [2.05, 4.69) is 259 Å². The topological polar surface area (TPSA) is 43.6 Å². The van der Waals surface area contributed by atoms with E-state index in [0.29, 0.717) is 17.6 Å². The molecule has 11 aromatic carbocycles. The summed E-state index contributed by atoms with van der Waals surface area (Å²) < 4.78 is 2.34. The lowest BCUT2D eigenvalue weighted by molar-refractivity contribution is 0.793. The van der Waals surface area contributed by atoms with Gasteiger partial charge in [-0.3, -0.25) is 4.57 Å². The van der Waals surface area contributed by atoms with Gasteiger partial charge in [0, 0.05) is 27.5 Å². The van der Waals surface area contributed by atoms with Gasteiger partial charge in [-0.1, -0.05) is 237 Å². The van der Waals surface area contributed by atoms with E-state index in [1.165, 1.54) is 89.0 Å². The molecule has 4 aliphatic rings. The zero-order chi connectivity index (χ0) is 49.0. The Labute approximate surface area is 433 Å². The molecule has 75 heavy (non-hydrogen) atoms. The summed E-state index contributed by atoms with van der Waals surface area (Å²) >= 11 is 0. The van der Waals surface area contributed by atoms with Crippen molar-refractivity contribution in [1.82, 2.24) is 19.5 Å². The second-order valence-electron chi connectivity index (χ2n) is 20.5. The molecular formula is C71H42N4. The standard InChI is InChI=1S/C71H42N4/c1-2-19-43(20-3-1)44-21-18-22-45(41-44)67-72-68(46-37-38-52-51-27-8-15-34-60(51)71(63(52)42-46)58-32-13-6-25-49(58)50-26-7-14-33-59(50)71)74-69(73-67)75-64-36-17-10-28-53(64)54-39-40-62-65(66(54)75)55-29-9-16-35-61(55)70(62)56-30-11-4-23-47(56)48-24-5-12-31-57(48)70/h1-42H. The van der Waals surface area contributed by atoms with E-state index in [4.69, 9.17) is 15.0 Å². The molecule has 0 fully saturated rings. The summed E-state index contributed by atoms with van der Waals surface area (Å²) in [7, 11) is 0. The Balaban J connectivity index is 0.964. The van der Waals surface area contributed by atoms with Crippen LogP contribution in [-0.4, -0.2) is 19.5 Å². The molecule has 2 aromatic heterocycles. The summed E-state index contributed by atoms with van der Waals surface area (Å²) in [5.74, 6) is 1.79. The highest BCUT2D eigenvalue weighted by Gasteiger charge is 2.53. The molecule has 4 aliphatic carbocycles. The van der Waals surface area contributed by atoms with Gasteiger partial charge >= 0.3 is 0 Å². The molecule has 0 saturated carbocycles. The lowest BCUT2D eigenvalue weighted by atomic mass is 9.70. The Bertz CT molecular complexity index is 4510. The van der Waals surface area contributed by atoms with Crippen molar-refractivity contribution in [2.24, 2.45) is 0 Å². The molecule has 2 heterocycles. The van der Waals surface area contributed by atoms with Gasteiger partial charge in [0.25, 0.3) is 0 Å². The second kappa shape index (κ2) is 14.9. The molecular weight excluding hydrogens is 909 g/mol. The van der Waals surface area contributed by atoms with Crippen molar-refractivity contribution in [1.29, 1.82) is 0 Å². The maximum atomic E-state index is 5.71. The average molecular weight is 951 g/mol. The molecule has 0 saturated heterocycles. The van der Waals surface area contributed by atoms with Crippen LogP contribution in [0.4, 0.5) is 0 Å². The number of fused-ring (bicyclic) bond motifs is 24. The zero-order valence-corrected chi connectivity index (χ0v) is 40.5. The minimum absolute atomic E-state index is 0.517. The molecule has 0 bridgehead atoms. The van der Waals surface area contributed by atoms with E-state index in [-0.39, 0.29) is 0 Å². The van der Waals surface area contributed by atoms with Crippen molar-refractivity contribution in [3.63, 3.8) is 0 Å². The molecule has 0 unspecified atom stereocenters. The SMILES string of the molecule is c1ccc(-c2cccc(-c3nc(-c4ccc5c(c4)C4(c6ccccc6-c6ccccc64)c4ccccc4-5)nc(-n4c5ccccc5c5ccc6c(c54)-c4ccccc4C64c5ccccc5-c5ccccc54)n3)c2)cc1. The number of rotatable bonds is 4. The molecule has 0 aliphatic heterocycles. The number of nitrogens with zero attached hydrogens (tertiary/aromatic N) is 4. The fourth-order valence-electron chi connectivity index (χ4n) is 14.3. The Hall–Kier alpha value is -9.77. The predicted molar refractivity (Wildman–Crippen MR) is 303 cm³/mol. The number of aromatic nitrogens is 4. The van der Waals surface area contributed by atoms with Crippen LogP contribution in [0.3, 0.4) is 0 Å². The quantitative estimate of drug-likeness (QED) is 0.177. The van der Waals surface area contributed by atoms with Gasteiger partial charge in [0.05, 0.1) is 21.9 Å². The van der Waals surface area contributed by atoms with E-state index < -0.39 is 10.8 Å². The molecule has 346 valence electrons. The number of hydrogen-bond acceptors (Lipinski definition) is 3. The van der Waals surface area contributed by atoms with Crippen molar-refractivity contribution >= 4 is 21.8 Å². The number of benzene rings is 11. The van der Waals surface area contributed by atoms with Crippen molar-refractivity contribution in [3.8, 4) is 84.4 Å². The maximum Gasteiger partial charge on any atom is 0.238 e. The van der Waals surface area contributed by atoms with Gasteiger partial charge in [0.1, 0.15) is 0 Å². The van der Waals surface area contributed by atoms with Gasteiger partial charge in [-0.15, -0.1) is 0 Å². The van der Waals surface area contributed by atoms with Crippen LogP contribution >= 0.6 is 0 Å². The van der Waals surface area contributed by atoms with Crippen LogP contribution in [-0.2, 0) is 10.8 Å². The Morgan fingerprint density at radius 2 is 0.707 bits per heavy atom. The normalized spacial score (nSPS) is 14.1. The molecule has 4 nitrogen and oxygen atoms in total. The number of para-hydroxylation sites is 1. The van der Waals surface area contributed by atoms with Crippen LogP contribution < -0.4 is 0 Å². The summed E-state index contributed by atoms with van der Waals surface area (Å²) in [4.78, 5) is 16.9. The fraction of sp³-hybridized carbons (Fsp3) is 0.0282. The minimum Gasteiger partial charge on any atom is -0.277 e. The van der Waals surface area contributed by atoms with Gasteiger partial charge in [0.15, 0.2) is 11.6 Å². The van der Waals surface area contributed by atoms with Gasteiger partial charge in [0.2, 0.25) is 5.95 Å². The molecule has 2 spiro atoms. The minimum atomic E-state index is -0.522. The van der Waals surface area contributed by atoms with E-state index in [9.17, 15) is 0 Å². The highest BCUT2D eigenvalue weighted by atomic mass is 15.2. The van der Waals surface area contributed by atoms with Crippen LogP contribution in [0.1, 0.15) is 44.5 Å². The fourth-order valence-corrected chi connectivity index (χ4v) is 14.3. The molecule has 0 amide bonds. The molecule has 0 atom stereocenters. The van der Waals surface area contributed by atoms with Crippen molar-refractivity contribution in [2.75, 3.05) is 0 Å². The smallest absolute Gasteiger partial charge is 0.238 e. The molecule has 4 heteroatoms. The van der Waals surface area contributed by atoms with Crippen LogP contribution in [0.5, 0.6) is 0 Å². The maximum absolute atomic E-state index is 5.71. The molecule has 0 radical (unpaired) electrons. The third-order valence-electron chi connectivity index (χ3n) is 17.1. The first kappa shape index (κ1) is 40.8. The highest BCUT2D eigenvalue weighted by molar-refractivity contribution is 6.16. The van der Waals surface area contributed by atoms with Gasteiger partial charge in [-0.2, -0.15) is 9.97 Å². The van der Waals surface area contributed by atoms with E-state index in [1.54, 1.807) is 0 Å². The third-order valence-corrected chi connectivity index (χ3v) is 17.1. The first-order valence-corrected chi connectivity index (χ1v) is 25.9. The second-order valence-corrected chi connectivity index (χ2v) is 20.5. The first-order chi connectivity index (χ1) is 37.2. The van der Waals surface area contributed by atoms with Crippen molar-refractivity contribution in [2.45, 2.75) is 10.8 Å². The lowest BCUT2D eigenvalue weighted by Crippen LogP contribution is -2.25. The molecule has 13 aromatic rings. The van der Waals surface area contributed by atoms with Crippen LogP contribution in [0, 0.1) is 0 Å². The van der Waals surface area contributed by atoms with Crippen LogP contribution in [0.15, 0.2) is 255 Å². The van der Waals surface area contributed by atoms with E-state index >= 15 is 0 Å². The Morgan fingerprint density at radius 3 is 1.29 bits per heavy atom. The highest BCUT2D eigenvalue weighted by Crippen LogP contribution is 2.65. The summed E-state index contributed by atoms with van der Waals surface area (Å²) in [6.07, 6.45) is 0. The van der Waals surface area contributed by atoms with Gasteiger partial charge < -0.3 is 0 Å². The van der Waals surface area contributed by atoms with Crippen molar-refractivity contribution < 1.29 is 0 Å². The van der Waals surface area contributed by atoms with Crippen molar-refractivity contribution in [3.05, 3.63) is 299 Å². The average Bonchev–Trinajstić information content (AvgIpc) is 4.44. The van der Waals surface area contributed by atoms with E-state index in [1.807, 2.05) is 0 Å². The predicted octanol–water partition coefficient (Wildman–Crippen LogP) is 16.7. The summed E-state index contributed by atoms with van der Waals surface area (Å²) in [6.45, 7) is 0. The molecule has 17 rings (SSSR count). The Kier molecular flexibility index (Phi) is 8.11. The van der Waals surface area contributed by atoms with Gasteiger partial charge in [-0.05, 0) is 113 Å². The summed E-state index contributed by atoms with van der Waals surface area (Å²) in [5.41, 5.74) is 25.5. The van der Waals surface area contributed by atoms with Gasteiger partial charge in [-0.25, -0.2) is 4.98 Å². The van der Waals surface area contributed by atoms with Crippen LogP contribution in [0.25, 0.3) is 106 Å². The van der Waals surface area contributed by atoms with Crippen LogP contribution in [0.2, 0.25) is 0 Å². The summed E-state index contributed by atoms with van der Waals surface area (Å²) in [5, 5.41) is 2.30. The first-order valence-electron chi connectivity index (χ1n) is 25.9. The lowest BCUT2D eigenvalue weighted by Gasteiger charge is -2.30. The third kappa shape index (κ3) is 5.18.